The minimum Gasteiger partial charge on any atom is -0.493 e. The third kappa shape index (κ3) is 3.63. The van der Waals surface area contributed by atoms with Crippen LogP contribution in [0.5, 0.6) is 11.5 Å². The highest BCUT2D eigenvalue weighted by Gasteiger charge is 2.23. The predicted molar refractivity (Wildman–Crippen MR) is 94.1 cm³/mol. The Balaban J connectivity index is 1.92. The summed E-state index contributed by atoms with van der Waals surface area (Å²) in [5, 5.41) is 9.91. The van der Waals surface area contributed by atoms with Gasteiger partial charge in [0.2, 0.25) is 0 Å². The normalized spacial score (nSPS) is 14.6. The number of benzene rings is 1. The van der Waals surface area contributed by atoms with E-state index >= 15 is 0 Å². The maximum absolute atomic E-state index is 11.1. The van der Waals surface area contributed by atoms with E-state index in [1.165, 1.54) is 11.2 Å². The lowest BCUT2D eigenvalue weighted by Gasteiger charge is -2.34. The largest absolute Gasteiger partial charge is 0.493 e. The molecule has 1 aromatic heterocycles. The minimum atomic E-state index is -0.894. The third-order valence-electron chi connectivity index (χ3n) is 4.08. The number of hydrogen-bond acceptors (Lipinski definition) is 6. The molecule has 0 bridgehead atoms. The van der Waals surface area contributed by atoms with Gasteiger partial charge in [-0.1, -0.05) is 0 Å². The third-order valence-corrected chi connectivity index (χ3v) is 4.24. The van der Waals surface area contributed by atoms with Gasteiger partial charge in [0.25, 0.3) is 0 Å². The lowest BCUT2D eigenvalue weighted by molar-refractivity contribution is 0.142. The molecule has 1 fully saturated rings. The highest BCUT2D eigenvalue weighted by atomic mass is 35.5. The molecule has 0 unspecified atom stereocenters. The second kappa shape index (κ2) is 7.60. The van der Waals surface area contributed by atoms with Gasteiger partial charge in [0.1, 0.15) is 18.8 Å². The summed E-state index contributed by atoms with van der Waals surface area (Å²) in [6, 6.07) is 3.65. The molecule has 0 atom stereocenters. The first-order valence-corrected chi connectivity index (χ1v) is 8.42. The van der Waals surface area contributed by atoms with Crippen LogP contribution in [0.2, 0.25) is 0 Å². The highest BCUT2D eigenvalue weighted by Crippen LogP contribution is 2.35. The Morgan fingerprint density at radius 1 is 1.24 bits per heavy atom. The fourth-order valence-corrected chi connectivity index (χ4v) is 2.91. The Morgan fingerprint density at radius 2 is 2.00 bits per heavy atom. The number of nitrogens with zero attached hydrogens (tertiary/aromatic N) is 4. The lowest BCUT2D eigenvalue weighted by Crippen LogP contribution is -2.48. The average Bonchev–Trinajstić information content (AvgIpc) is 2.65. The van der Waals surface area contributed by atoms with Crippen LogP contribution in [0.4, 0.5) is 10.6 Å². The van der Waals surface area contributed by atoms with Crippen LogP contribution in [0.3, 0.4) is 0 Å². The first-order valence-electron chi connectivity index (χ1n) is 7.88. The quantitative estimate of drug-likeness (QED) is 0.810. The summed E-state index contributed by atoms with van der Waals surface area (Å²) in [5.74, 6) is 2.30. The molecule has 0 radical (unpaired) electrons. The number of rotatable bonds is 5. The van der Waals surface area contributed by atoms with Crippen molar-refractivity contribution in [3.8, 4) is 11.5 Å². The molecule has 2 heterocycles. The molecule has 9 heteroatoms. The first-order chi connectivity index (χ1) is 12.1. The van der Waals surface area contributed by atoms with Crippen LogP contribution in [0.25, 0.3) is 10.9 Å². The predicted octanol–water partition coefficient (Wildman–Crippen LogP) is 2.06. The summed E-state index contributed by atoms with van der Waals surface area (Å²) >= 11 is 5.68. The Kier molecular flexibility index (Phi) is 5.28. The molecule has 8 nitrogen and oxygen atoms in total. The SMILES string of the molecule is COc1cc2c(N3CCN(C(=O)O)CC3)ncnc2cc1OCCCl. The van der Waals surface area contributed by atoms with Crippen LogP contribution < -0.4 is 14.4 Å². The van der Waals surface area contributed by atoms with Crippen LogP contribution in [0, 0.1) is 0 Å². The van der Waals surface area contributed by atoms with Crippen molar-refractivity contribution in [3.05, 3.63) is 18.5 Å². The summed E-state index contributed by atoms with van der Waals surface area (Å²) in [7, 11) is 1.57. The van der Waals surface area contributed by atoms with Gasteiger partial charge in [-0.15, -0.1) is 11.6 Å². The smallest absolute Gasteiger partial charge is 0.407 e. The molecule has 25 heavy (non-hydrogen) atoms. The molecule has 2 aromatic rings. The van der Waals surface area contributed by atoms with E-state index in [4.69, 9.17) is 26.2 Å². The number of carbonyl (C=O) groups is 1. The molecule has 3 rings (SSSR count). The molecule has 0 aliphatic carbocycles. The van der Waals surface area contributed by atoms with E-state index in [9.17, 15) is 4.79 Å². The molecule has 1 aliphatic heterocycles. The van der Waals surface area contributed by atoms with Gasteiger partial charge in [-0.3, -0.25) is 0 Å². The number of anilines is 1. The maximum Gasteiger partial charge on any atom is 0.407 e. The molecule has 1 aliphatic rings. The number of carboxylic acid groups (broad SMARTS) is 1. The monoisotopic (exact) mass is 366 g/mol. The van der Waals surface area contributed by atoms with Gasteiger partial charge in [0.15, 0.2) is 11.5 Å². The van der Waals surface area contributed by atoms with E-state index in [0.29, 0.717) is 50.2 Å². The Labute approximate surface area is 149 Å². The van der Waals surface area contributed by atoms with Gasteiger partial charge in [0, 0.05) is 37.6 Å². The Morgan fingerprint density at radius 3 is 2.64 bits per heavy atom. The van der Waals surface area contributed by atoms with Crippen LogP contribution >= 0.6 is 11.6 Å². The van der Waals surface area contributed by atoms with E-state index in [1.54, 1.807) is 13.2 Å². The number of methoxy groups -OCH3 is 1. The van der Waals surface area contributed by atoms with Gasteiger partial charge in [0.05, 0.1) is 18.5 Å². The van der Waals surface area contributed by atoms with Crippen molar-refractivity contribution in [2.24, 2.45) is 0 Å². The van der Waals surface area contributed by atoms with Gasteiger partial charge in [-0.25, -0.2) is 14.8 Å². The summed E-state index contributed by atoms with van der Waals surface area (Å²) in [6.07, 6.45) is 0.605. The van der Waals surface area contributed by atoms with Gasteiger partial charge >= 0.3 is 6.09 Å². The summed E-state index contributed by atoms with van der Waals surface area (Å²) in [6.45, 7) is 2.40. The zero-order valence-electron chi connectivity index (χ0n) is 13.8. The minimum absolute atomic E-state index is 0.374. The molecule has 1 aromatic carbocycles. The summed E-state index contributed by atoms with van der Waals surface area (Å²) in [5.41, 5.74) is 0.732. The molecule has 1 N–H and O–H groups in total. The van der Waals surface area contributed by atoms with E-state index in [-0.39, 0.29) is 0 Å². The molecular weight excluding hydrogens is 348 g/mol. The summed E-state index contributed by atoms with van der Waals surface area (Å²) in [4.78, 5) is 23.2. The van der Waals surface area contributed by atoms with E-state index in [0.717, 1.165) is 16.7 Å². The van der Waals surface area contributed by atoms with E-state index < -0.39 is 6.09 Å². The molecule has 134 valence electrons. The van der Waals surface area contributed by atoms with Crippen molar-refractivity contribution < 1.29 is 19.4 Å². The van der Waals surface area contributed by atoms with Crippen LogP contribution in [0.1, 0.15) is 0 Å². The second-order valence-electron chi connectivity index (χ2n) is 5.51. The van der Waals surface area contributed by atoms with E-state index in [1.807, 2.05) is 6.07 Å². The fourth-order valence-electron chi connectivity index (χ4n) is 2.83. The van der Waals surface area contributed by atoms with Crippen molar-refractivity contribution in [2.75, 3.05) is 50.7 Å². The average molecular weight is 367 g/mol. The van der Waals surface area contributed by atoms with Crippen LogP contribution in [0.15, 0.2) is 18.5 Å². The highest BCUT2D eigenvalue weighted by molar-refractivity contribution is 6.18. The molecule has 1 amide bonds. The maximum atomic E-state index is 11.1. The van der Waals surface area contributed by atoms with Crippen molar-refractivity contribution in [2.45, 2.75) is 0 Å². The fraction of sp³-hybridized carbons (Fsp3) is 0.438. The van der Waals surface area contributed by atoms with Gasteiger partial charge in [-0.2, -0.15) is 0 Å². The summed E-state index contributed by atoms with van der Waals surface area (Å²) < 4.78 is 11.0. The van der Waals surface area contributed by atoms with Crippen molar-refractivity contribution >= 4 is 34.4 Å². The number of piperazine rings is 1. The van der Waals surface area contributed by atoms with Crippen molar-refractivity contribution in [3.63, 3.8) is 0 Å². The number of aromatic nitrogens is 2. The number of halogens is 1. The van der Waals surface area contributed by atoms with Crippen molar-refractivity contribution in [1.82, 2.24) is 14.9 Å². The zero-order chi connectivity index (χ0) is 17.8. The topological polar surface area (TPSA) is 88.0 Å². The number of amides is 1. The first kappa shape index (κ1) is 17.3. The molecular formula is C16H19ClN4O4. The number of alkyl halides is 1. The molecule has 1 saturated heterocycles. The number of hydrogen-bond donors (Lipinski definition) is 1. The molecule has 0 spiro atoms. The van der Waals surface area contributed by atoms with Gasteiger partial charge in [-0.05, 0) is 6.07 Å². The Hall–Kier alpha value is -2.48. The van der Waals surface area contributed by atoms with Crippen LogP contribution in [-0.2, 0) is 0 Å². The molecule has 0 saturated carbocycles. The van der Waals surface area contributed by atoms with Crippen molar-refractivity contribution in [1.29, 1.82) is 0 Å². The number of fused-ring (bicyclic) bond motifs is 1. The van der Waals surface area contributed by atoms with E-state index in [2.05, 4.69) is 14.9 Å². The standard InChI is InChI=1S/C16H19ClN4O4/c1-24-13-8-11-12(9-14(13)25-7-2-17)18-10-19-15(11)20-3-5-21(6-4-20)16(22)23/h8-10H,2-7H2,1H3,(H,22,23). The van der Waals surface area contributed by atoms with Crippen LogP contribution in [-0.4, -0.2) is 71.8 Å². The second-order valence-corrected chi connectivity index (χ2v) is 5.89. The number of ether oxygens (including phenoxy) is 2. The van der Waals surface area contributed by atoms with Gasteiger partial charge < -0.3 is 24.4 Å². The zero-order valence-corrected chi connectivity index (χ0v) is 14.6. The Bertz CT molecular complexity index is 765. The lowest BCUT2D eigenvalue weighted by atomic mass is 10.2.